The topological polar surface area (TPSA) is 75.6 Å². The molecule has 3 rings (SSSR count). The molecule has 0 bridgehead atoms. The zero-order valence-corrected chi connectivity index (χ0v) is 13.6. The third kappa shape index (κ3) is 3.37. The van der Waals surface area contributed by atoms with Crippen LogP contribution >= 0.6 is 27.5 Å². The Balaban J connectivity index is 1.67. The molecule has 8 heteroatoms. The number of benzene rings is 1. The molecule has 0 aliphatic rings. The molecule has 2 N–H and O–H groups in total. The van der Waals surface area contributed by atoms with E-state index in [1.54, 1.807) is 17.1 Å². The number of aromatic amines is 1. The van der Waals surface area contributed by atoms with Gasteiger partial charge >= 0.3 is 0 Å². The third-order valence-electron chi connectivity index (χ3n) is 2.97. The lowest BCUT2D eigenvalue weighted by molar-refractivity contribution is 0.102. The second-order valence-electron chi connectivity index (χ2n) is 4.60. The van der Waals surface area contributed by atoms with Crippen LogP contribution in [0.2, 0.25) is 5.02 Å². The zero-order valence-electron chi connectivity index (χ0n) is 11.3. The summed E-state index contributed by atoms with van der Waals surface area (Å²) in [5.41, 5.74) is 1.93. The molecule has 1 amide bonds. The molecular weight excluding hydrogens is 370 g/mol. The van der Waals surface area contributed by atoms with Gasteiger partial charge in [-0.3, -0.25) is 14.6 Å². The molecule has 22 heavy (non-hydrogen) atoms. The quantitative estimate of drug-likeness (QED) is 0.729. The minimum atomic E-state index is -0.356. The molecule has 6 nitrogen and oxygen atoms in total. The first-order valence-electron chi connectivity index (χ1n) is 6.39. The van der Waals surface area contributed by atoms with Crippen molar-refractivity contribution in [3.8, 4) is 0 Å². The van der Waals surface area contributed by atoms with Gasteiger partial charge in [0.1, 0.15) is 5.69 Å². The summed E-state index contributed by atoms with van der Waals surface area (Å²) in [6.45, 7) is 0.619. The Kier molecular flexibility index (Phi) is 4.26. The van der Waals surface area contributed by atoms with E-state index in [4.69, 9.17) is 11.6 Å². The molecule has 0 aliphatic heterocycles. The fraction of sp³-hybridized carbons (Fsp3) is 0.0714. The molecule has 0 aliphatic carbocycles. The number of aromatic nitrogens is 4. The minimum Gasteiger partial charge on any atom is -0.318 e. The molecule has 112 valence electrons. The van der Waals surface area contributed by atoms with Crippen LogP contribution in [-0.2, 0) is 6.54 Å². The van der Waals surface area contributed by atoms with E-state index >= 15 is 0 Å². The summed E-state index contributed by atoms with van der Waals surface area (Å²) in [5.74, 6) is -0.356. The number of nitrogens with one attached hydrogen (secondary N) is 2. The van der Waals surface area contributed by atoms with Crippen molar-refractivity contribution >= 4 is 39.1 Å². The SMILES string of the molecule is O=C(Nc1cnn(Cc2ccc(Br)cc2)c1)c1[nH]ncc1Cl. The van der Waals surface area contributed by atoms with Gasteiger partial charge in [0.05, 0.1) is 29.6 Å². The van der Waals surface area contributed by atoms with Crippen LogP contribution in [0.25, 0.3) is 0 Å². The molecule has 0 saturated carbocycles. The van der Waals surface area contributed by atoms with Crippen LogP contribution in [0, 0.1) is 0 Å². The number of carbonyl (C=O) groups excluding carboxylic acids is 1. The van der Waals surface area contributed by atoms with Crippen molar-refractivity contribution in [3.63, 3.8) is 0 Å². The molecule has 2 aromatic heterocycles. The molecule has 0 atom stereocenters. The normalized spacial score (nSPS) is 10.6. The van der Waals surface area contributed by atoms with Crippen molar-refractivity contribution in [2.24, 2.45) is 0 Å². The molecule has 0 unspecified atom stereocenters. The summed E-state index contributed by atoms with van der Waals surface area (Å²) in [6, 6.07) is 7.96. The first-order chi connectivity index (χ1) is 10.6. The number of amides is 1. The monoisotopic (exact) mass is 379 g/mol. The Morgan fingerprint density at radius 3 is 2.77 bits per heavy atom. The summed E-state index contributed by atoms with van der Waals surface area (Å²) < 4.78 is 2.77. The van der Waals surface area contributed by atoms with Gasteiger partial charge in [0.15, 0.2) is 0 Å². The van der Waals surface area contributed by atoms with Crippen LogP contribution < -0.4 is 5.32 Å². The summed E-state index contributed by atoms with van der Waals surface area (Å²) >= 11 is 9.24. The van der Waals surface area contributed by atoms with Crippen molar-refractivity contribution in [1.82, 2.24) is 20.0 Å². The van der Waals surface area contributed by atoms with Crippen LogP contribution in [0.4, 0.5) is 5.69 Å². The molecule has 3 aromatic rings. The molecule has 0 fully saturated rings. The van der Waals surface area contributed by atoms with Gasteiger partial charge in [-0.05, 0) is 17.7 Å². The van der Waals surface area contributed by atoms with Crippen molar-refractivity contribution in [2.45, 2.75) is 6.54 Å². The Morgan fingerprint density at radius 1 is 1.32 bits per heavy atom. The van der Waals surface area contributed by atoms with Gasteiger partial charge in [0, 0.05) is 10.7 Å². The number of hydrogen-bond acceptors (Lipinski definition) is 3. The van der Waals surface area contributed by atoms with Gasteiger partial charge in [-0.2, -0.15) is 10.2 Å². The highest BCUT2D eigenvalue weighted by Crippen LogP contribution is 2.15. The maximum absolute atomic E-state index is 12.0. The number of anilines is 1. The van der Waals surface area contributed by atoms with Crippen LogP contribution in [0.5, 0.6) is 0 Å². The standard InChI is InChI=1S/C14H11BrClN5O/c15-10-3-1-9(2-4-10)7-21-8-11(5-18-21)19-14(22)13-12(16)6-17-20-13/h1-6,8H,7H2,(H,17,20)(H,19,22). The highest BCUT2D eigenvalue weighted by Gasteiger charge is 2.13. The summed E-state index contributed by atoms with van der Waals surface area (Å²) in [6.07, 6.45) is 4.72. The zero-order chi connectivity index (χ0) is 15.5. The number of carbonyl (C=O) groups is 1. The lowest BCUT2D eigenvalue weighted by Gasteiger charge is -2.02. The van der Waals surface area contributed by atoms with Crippen LogP contribution in [0.15, 0.2) is 47.3 Å². The molecule has 0 radical (unpaired) electrons. The Hall–Kier alpha value is -2.12. The fourth-order valence-electron chi connectivity index (χ4n) is 1.92. The van der Waals surface area contributed by atoms with Gasteiger partial charge in [0.2, 0.25) is 0 Å². The minimum absolute atomic E-state index is 0.224. The van der Waals surface area contributed by atoms with Gasteiger partial charge in [-0.1, -0.05) is 39.7 Å². The van der Waals surface area contributed by atoms with E-state index in [0.717, 1.165) is 10.0 Å². The van der Waals surface area contributed by atoms with Crippen LogP contribution in [0.3, 0.4) is 0 Å². The van der Waals surface area contributed by atoms with Crippen molar-refractivity contribution in [3.05, 3.63) is 63.6 Å². The highest BCUT2D eigenvalue weighted by atomic mass is 79.9. The number of H-pyrrole nitrogens is 1. The van der Waals surface area contributed by atoms with E-state index in [1.165, 1.54) is 6.20 Å². The van der Waals surface area contributed by atoms with Gasteiger partial charge < -0.3 is 5.32 Å². The highest BCUT2D eigenvalue weighted by molar-refractivity contribution is 9.10. The third-order valence-corrected chi connectivity index (χ3v) is 3.78. The van der Waals surface area contributed by atoms with Crippen molar-refractivity contribution in [1.29, 1.82) is 0 Å². The molecule has 0 saturated heterocycles. The molecule has 0 spiro atoms. The van der Waals surface area contributed by atoms with E-state index < -0.39 is 0 Å². The van der Waals surface area contributed by atoms with Gasteiger partial charge in [-0.15, -0.1) is 0 Å². The number of halogens is 2. The summed E-state index contributed by atoms with van der Waals surface area (Å²) in [4.78, 5) is 12.0. The Labute approximate surface area is 139 Å². The predicted octanol–water partition coefficient (Wildman–Crippen LogP) is 3.32. The van der Waals surface area contributed by atoms with Crippen LogP contribution in [0.1, 0.15) is 16.1 Å². The lowest BCUT2D eigenvalue weighted by Crippen LogP contribution is -2.12. The lowest BCUT2D eigenvalue weighted by atomic mass is 10.2. The maximum atomic E-state index is 12.0. The van der Waals surface area contributed by atoms with Crippen molar-refractivity contribution < 1.29 is 4.79 Å². The fourth-order valence-corrected chi connectivity index (χ4v) is 2.36. The summed E-state index contributed by atoms with van der Waals surface area (Å²) in [7, 11) is 0. The Bertz CT molecular complexity index is 796. The number of rotatable bonds is 4. The van der Waals surface area contributed by atoms with Crippen molar-refractivity contribution in [2.75, 3.05) is 5.32 Å². The average Bonchev–Trinajstić information content (AvgIpc) is 3.10. The van der Waals surface area contributed by atoms with Crippen LogP contribution in [-0.4, -0.2) is 25.9 Å². The predicted molar refractivity (Wildman–Crippen MR) is 87.0 cm³/mol. The smallest absolute Gasteiger partial charge is 0.275 e. The van der Waals surface area contributed by atoms with Gasteiger partial charge in [0.25, 0.3) is 5.91 Å². The maximum Gasteiger partial charge on any atom is 0.275 e. The second kappa shape index (κ2) is 6.33. The first-order valence-corrected chi connectivity index (χ1v) is 7.56. The van der Waals surface area contributed by atoms with E-state index in [2.05, 4.69) is 36.5 Å². The average molecular weight is 381 g/mol. The van der Waals surface area contributed by atoms with E-state index in [1.807, 2.05) is 24.3 Å². The number of nitrogens with zero attached hydrogens (tertiary/aromatic N) is 3. The van der Waals surface area contributed by atoms with Gasteiger partial charge in [-0.25, -0.2) is 0 Å². The van der Waals surface area contributed by atoms with E-state index in [9.17, 15) is 4.79 Å². The molecule has 2 heterocycles. The first kappa shape index (κ1) is 14.8. The van der Waals surface area contributed by atoms with E-state index in [0.29, 0.717) is 12.2 Å². The van der Waals surface area contributed by atoms with E-state index in [-0.39, 0.29) is 16.6 Å². The molecule has 1 aromatic carbocycles. The second-order valence-corrected chi connectivity index (χ2v) is 5.92. The largest absolute Gasteiger partial charge is 0.318 e. The molecular formula is C14H11BrClN5O. The summed E-state index contributed by atoms with van der Waals surface area (Å²) in [5, 5.41) is 13.5. The number of hydrogen-bond donors (Lipinski definition) is 2. The Morgan fingerprint density at radius 2 is 2.09 bits per heavy atom.